The van der Waals surface area contributed by atoms with Crippen molar-refractivity contribution in [1.29, 1.82) is 0 Å². The Morgan fingerprint density at radius 2 is 1.87 bits per heavy atom. The first kappa shape index (κ1) is 16.0. The van der Waals surface area contributed by atoms with E-state index in [1.807, 2.05) is 0 Å². The first-order chi connectivity index (χ1) is 10.8. The molecule has 1 aromatic heterocycles. The van der Waals surface area contributed by atoms with Gasteiger partial charge in [-0.25, -0.2) is 21.6 Å². The van der Waals surface area contributed by atoms with Crippen LogP contribution in [0.5, 0.6) is 0 Å². The van der Waals surface area contributed by atoms with E-state index in [2.05, 4.69) is 5.16 Å². The highest BCUT2D eigenvalue weighted by molar-refractivity contribution is 7.89. The smallest absolute Gasteiger partial charge is 0.246 e. The van der Waals surface area contributed by atoms with E-state index in [9.17, 15) is 21.6 Å². The summed E-state index contributed by atoms with van der Waals surface area (Å²) in [5, 5.41) is 3.71. The maximum absolute atomic E-state index is 13.9. The van der Waals surface area contributed by atoms with Crippen LogP contribution >= 0.6 is 0 Å². The number of aryl methyl sites for hydroxylation is 1. The van der Waals surface area contributed by atoms with E-state index >= 15 is 0 Å². The fourth-order valence-electron chi connectivity index (χ4n) is 2.68. The summed E-state index contributed by atoms with van der Waals surface area (Å²) in [5.74, 6) is -3.85. The lowest BCUT2D eigenvalue weighted by Crippen LogP contribution is -2.31. The zero-order chi connectivity index (χ0) is 16.8. The van der Waals surface area contributed by atoms with Gasteiger partial charge in [0.25, 0.3) is 0 Å². The molecule has 2 heterocycles. The Morgan fingerprint density at radius 1 is 1.17 bits per heavy atom. The number of hydrogen-bond acceptors (Lipinski definition) is 4. The molecule has 1 atom stereocenters. The molecule has 0 saturated carbocycles. The molecule has 23 heavy (non-hydrogen) atoms. The molecule has 0 aliphatic carbocycles. The predicted molar refractivity (Wildman–Crippen MR) is 73.4 cm³/mol. The van der Waals surface area contributed by atoms with Crippen LogP contribution in [0.4, 0.5) is 13.2 Å². The highest BCUT2D eigenvalue weighted by Gasteiger charge is 2.39. The Balaban J connectivity index is 2.03. The van der Waals surface area contributed by atoms with E-state index in [1.54, 1.807) is 13.0 Å². The molecule has 1 aliphatic rings. The van der Waals surface area contributed by atoms with Crippen molar-refractivity contribution in [2.45, 2.75) is 30.7 Å². The van der Waals surface area contributed by atoms with E-state index in [1.165, 1.54) is 0 Å². The van der Waals surface area contributed by atoms with Gasteiger partial charge in [0.15, 0.2) is 17.4 Å². The molecular weight excluding hydrogens is 333 g/mol. The van der Waals surface area contributed by atoms with E-state index in [0.717, 1.165) is 4.31 Å². The average molecular weight is 346 g/mol. The second-order valence-electron chi connectivity index (χ2n) is 5.34. The zero-order valence-electron chi connectivity index (χ0n) is 12.1. The zero-order valence-corrected chi connectivity index (χ0v) is 12.9. The Kier molecular flexibility index (Phi) is 3.93. The molecule has 0 amide bonds. The van der Waals surface area contributed by atoms with Gasteiger partial charge in [-0.3, -0.25) is 0 Å². The number of halogens is 3. The monoisotopic (exact) mass is 346 g/mol. The third kappa shape index (κ3) is 2.74. The molecular formula is C14H13F3N2O3S. The second-order valence-corrected chi connectivity index (χ2v) is 7.20. The third-order valence-corrected chi connectivity index (χ3v) is 5.66. The van der Waals surface area contributed by atoms with Crippen molar-refractivity contribution >= 4 is 10.0 Å². The van der Waals surface area contributed by atoms with Gasteiger partial charge in [-0.15, -0.1) is 0 Å². The predicted octanol–water partition coefficient (Wildman–Crippen LogP) is 2.93. The van der Waals surface area contributed by atoms with Crippen LogP contribution in [0.3, 0.4) is 0 Å². The van der Waals surface area contributed by atoms with Crippen molar-refractivity contribution in [3.8, 4) is 0 Å². The molecule has 3 rings (SSSR count). The molecule has 1 saturated heterocycles. The molecule has 2 aromatic rings. The average Bonchev–Trinajstić information content (AvgIpc) is 3.11. The lowest BCUT2D eigenvalue weighted by Gasteiger charge is -2.22. The minimum Gasteiger partial charge on any atom is -0.359 e. The Labute approximate surface area is 130 Å². The summed E-state index contributed by atoms with van der Waals surface area (Å²) >= 11 is 0. The molecule has 0 N–H and O–H groups in total. The first-order valence-corrected chi connectivity index (χ1v) is 8.34. The van der Waals surface area contributed by atoms with Gasteiger partial charge >= 0.3 is 0 Å². The van der Waals surface area contributed by atoms with Gasteiger partial charge in [0.05, 0.1) is 11.7 Å². The maximum atomic E-state index is 13.9. The lowest BCUT2D eigenvalue weighted by molar-refractivity contribution is 0.296. The van der Waals surface area contributed by atoms with E-state index in [0.29, 0.717) is 30.4 Å². The van der Waals surface area contributed by atoms with E-state index < -0.39 is 38.4 Å². The summed E-state index contributed by atoms with van der Waals surface area (Å²) in [7, 11) is -4.33. The largest absolute Gasteiger partial charge is 0.359 e. The van der Waals surface area contributed by atoms with Crippen molar-refractivity contribution in [3.05, 3.63) is 47.1 Å². The molecule has 1 aromatic carbocycles. The Morgan fingerprint density at radius 3 is 2.52 bits per heavy atom. The summed E-state index contributed by atoms with van der Waals surface area (Å²) < 4.78 is 71.7. The number of nitrogens with zero attached hydrogens (tertiary/aromatic N) is 2. The van der Waals surface area contributed by atoms with Crippen LogP contribution < -0.4 is 0 Å². The summed E-state index contributed by atoms with van der Waals surface area (Å²) in [6.07, 6.45) is 1.01. The van der Waals surface area contributed by atoms with Gasteiger partial charge in [0.1, 0.15) is 10.7 Å². The topological polar surface area (TPSA) is 63.4 Å². The summed E-state index contributed by atoms with van der Waals surface area (Å²) in [5.41, 5.74) is 0.586. The van der Waals surface area contributed by atoms with Crippen LogP contribution in [0.2, 0.25) is 0 Å². The molecule has 124 valence electrons. The van der Waals surface area contributed by atoms with E-state index in [-0.39, 0.29) is 12.6 Å². The van der Waals surface area contributed by atoms with Crippen LogP contribution in [0, 0.1) is 24.4 Å². The molecule has 0 spiro atoms. The summed E-state index contributed by atoms with van der Waals surface area (Å²) in [6, 6.07) is 1.54. The van der Waals surface area contributed by atoms with Gasteiger partial charge < -0.3 is 4.52 Å². The molecule has 1 fully saturated rings. The molecule has 9 heteroatoms. The lowest BCUT2D eigenvalue weighted by atomic mass is 10.2. The van der Waals surface area contributed by atoms with Crippen LogP contribution in [-0.4, -0.2) is 24.4 Å². The molecule has 0 radical (unpaired) electrons. The number of sulfonamides is 1. The SMILES string of the molecule is Cc1cc([C@@H]2CCCN2S(=O)(=O)c2cc(F)c(F)cc2F)on1. The van der Waals surface area contributed by atoms with Gasteiger partial charge in [0.2, 0.25) is 10.0 Å². The fraction of sp³-hybridized carbons (Fsp3) is 0.357. The van der Waals surface area contributed by atoms with Crippen LogP contribution in [0.1, 0.15) is 30.3 Å². The molecule has 5 nitrogen and oxygen atoms in total. The molecule has 0 unspecified atom stereocenters. The van der Waals surface area contributed by atoms with E-state index in [4.69, 9.17) is 4.52 Å². The first-order valence-electron chi connectivity index (χ1n) is 6.90. The van der Waals surface area contributed by atoms with Crippen molar-refractivity contribution in [2.75, 3.05) is 6.54 Å². The highest BCUT2D eigenvalue weighted by atomic mass is 32.2. The van der Waals surface area contributed by atoms with Gasteiger partial charge in [0, 0.05) is 18.7 Å². The Bertz CT molecular complexity index is 851. The number of hydrogen-bond donors (Lipinski definition) is 0. The number of benzene rings is 1. The fourth-order valence-corrected chi connectivity index (χ4v) is 4.40. The minimum atomic E-state index is -4.33. The maximum Gasteiger partial charge on any atom is 0.246 e. The third-order valence-electron chi connectivity index (χ3n) is 3.74. The highest BCUT2D eigenvalue weighted by Crippen LogP contribution is 2.37. The number of aromatic nitrogens is 1. The van der Waals surface area contributed by atoms with Crippen LogP contribution in [0.25, 0.3) is 0 Å². The minimum absolute atomic E-state index is 0.130. The summed E-state index contributed by atoms with van der Waals surface area (Å²) in [6.45, 7) is 1.82. The van der Waals surface area contributed by atoms with Crippen molar-refractivity contribution < 1.29 is 26.1 Å². The van der Waals surface area contributed by atoms with Crippen molar-refractivity contribution in [1.82, 2.24) is 9.46 Å². The molecule has 0 bridgehead atoms. The summed E-state index contributed by atoms with van der Waals surface area (Å²) in [4.78, 5) is -0.889. The van der Waals surface area contributed by atoms with Gasteiger partial charge in [-0.1, -0.05) is 5.16 Å². The Hall–Kier alpha value is -1.87. The van der Waals surface area contributed by atoms with Crippen LogP contribution in [0.15, 0.2) is 27.6 Å². The normalized spacial score (nSPS) is 19.4. The van der Waals surface area contributed by atoms with Crippen LogP contribution in [-0.2, 0) is 10.0 Å². The van der Waals surface area contributed by atoms with Gasteiger partial charge in [-0.05, 0) is 25.8 Å². The van der Waals surface area contributed by atoms with Gasteiger partial charge in [-0.2, -0.15) is 4.31 Å². The quantitative estimate of drug-likeness (QED) is 0.802. The standard InChI is InChI=1S/C14H13F3N2O3S/c1-8-5-13(22-18-8)12-3-2-4-19(12)23(20,21)14-7-10(16)9(15)6-11(14)17/h5-7,12H,2-4H2,1H3/t12-/m0/s1. The van der Waals surface area contributed by atoms with Crippen molar-refractivity contribution in [2.24, 2.45) is 0 Å². The number of rotatable bonds is 3. The van der Waals surface area contributed by atoms with Crippen molar-refractivity contribution in [3.63, 3.8) is 0 Å². The second kappa shape index (κ2) is 5.64. The molecule has 1 aliphatic heterocycles.